The summed E-state index contributed by atoms with van der Waals surface area (Å²) in [5.74, 6) is 2.03. The molecule has 2 rings (SSSR count). The summed E-state index contributed by atoms with van der Waals surface area (Å²) in [5.41, 5.74) is 1.27. The molecule has 0 spiro atoms. The topological polar surface area (TPSA) is 21.3 Å². The van der Waals surface area contributed by atoms with Crippen molar-refractivity contribution in [2.45, 2.75) is 52.0 Å². The van der Waals surface area contributed by atoms with Crippen LogP contribution in [0, 0.1) is 5.92 Å². The highest BCUT2D eigenvalue weighted by molar-refractivity contribution is 5.33. The minimum Gasteiger partial charge on any atom is -0.494 e. The van der Waals surface area contributed by atoms with Crippen LogP contribution in [0.2, 0.25) is 0 Å². The Labute approximate surface area is 117 Å². The lowest BCUT2D eigenvalue weighted by molar-refractivity contribution is 0.335. The summed E-state index contributed by atoms with van der Waals surface area (Å²) >= 11 is 0. The van der Waals surface area contributed by atoms with Crippen LogP contribution in [0.15, 0.2) is 24.3 Å². The Balaban J connectivity index is 1.64. The second kappa shape index (κ2) is 8.21. The van der Waals surface area contributed by atoms with Crippen molar-refractivity contribution >= 4 is 0 Å². The van der Waals surface area contributed by atoms with Gasteiger partial charge in [0.25, 0.3) is 0 Å². The number of para-hydroxylation sites is 1. The maximum Gasteiger partial charge on any atom is 0.123 e. The van der Waals surface area contributed by atoms with Gasteiger partial charge in [-0.2, -0.15) is 0 Å². The summed E-state index contributed by atoms with van der Waals surface area (Å²) < 4.78 is 5.64. The fourth-order valence-electron chi connectivity index (χ4n) is 2.98. The van der Waals surface area contributed by atoms with Gasteiger partial charge in [-0.3, -0.25) is 0 Å². The lowest BCUT2D eigenvalue weighted by Gasteiger charge is -2.12. The van der Waals surface area contributed by atoms with Gasteiger partial charge in [-0.05, 0) is 38.3 Å². The second-order valence-electron chi connectivity index (χ2n) is 5.51. The van der Waals surface area contributed by atoms with Gasteiger partial charge in [-0.1, -0.05) is 43.9 Å². The smallest absolute Gasteiger partial charge is 0.123 e. The van der Waals surface area contributed by atoms with E-state index in [0.29, 0.717) is 0 Å². The van der Waals surface area contributed by atoms with Gasteiger partial charge in [0, 0.05) is 12.1 Å². The van der Waals surface area contributed by atoms with Crippen molar-refractivity contribution in [2.75, 3.05) is 13.2 Å². The standard InChI is InChI=1S/C17H27NO/c1-2-19-17-12-6-5-11-16(17)14-18-13-7-10-15-8-3-4-9-15/h5-6,11-12,15,18H,2-4,7-10,13-14H2,1H3. The summed E-state index contributed by atoms with van der Waals surface area (Å²) in [6.07, 6.45) is 8.56. The predicted molar refractivity (Wildman–Crippen MR) is 80.5 cm³/mol. The zero-order valence-corrected chi connectivity index (χ0v) is 12.2. The Morgan fingerprint density at radius 3 is 2.79 bits per heavy atom. The first-order valence-corrected chi connectivity index (χ1v) is 7.81. The summed E-state index contributed by atoms with van der Waals surface area (Å²) in [4.78, 5) is 0. The van der Waals surface area contributed by atoms with Crippen LogP contribution in [0.3, 0.4) is 0 Å². The van der Waals surface area contributed by atoms with Crippen molar-refractivity contribution in [1.82, 2.24) is 5.32 Å². The van der Waals surface area contributed by atoms with E-state index in [2.05, 4.69) is 23.5 Å². The molecule has 0 bridgehead atoms. The third-order valence-electron chi connectivity index (χ3n) is 4.03. The molecule has 1 fully saturated rings. The molecule has 1 aliphatic rings. The fraction of sp³-hybridized carbons (Fsp3) is 0.647. The van der Waals surface area contributed by atoms with Crippen LogP contribution in [0.25, 0.3) is 0 Å². The van der Waals surface area contributed by atoms with E-state index < -0.39 is 0 Å². The summed E-state index contributed by atoms with van der Waals surface area (Å²) in [6, 6.07) is 8.32. The lowest BCUT2D eigenvalue weighted by Crippen LogP contribution is -2.16. The van der Waals surface area contributed by atoms with Crippen molar-refractivity contribution in [2.24, 2.45) is 5.92 Å². The van der Waals surface area contributed by atoms with Crippen molar-refractivity contribution in [1.29, 1.82) is 0 Å². The Kier molecular flexibility index (Phi) is 6.22. The molecule has 2 nitrogen and oxygen atoms in total. The average molecular weight is 261 g/mol. The molecule has 0 amide bonds. The first kappa shape index (κ1) is 14.4. The van der Waals surface area contributed by atoms with Gasteiger partial charge >= 0.3 is 0 Å². The maximum atomic E-state index is 5.64. The fourth-order valence-corrected chi connectivity index (χ4v) is 2.98. The molecule has 0 aliphatic heterocycles. The van der Waals surface area contributed by atoms with Crippen LogP contribution in [0.1, 0.15) is 51.0 Å². The first-order valence-electron chi connectivity index (χ1n) is 7.81. The number of rotatable bonds is 8. The molecule has 0 heterocycles. The van der Waals surface area contributed by atoms with E-state index in [1.807, 2.05) is 13.0 Å². The predicted octanol–water partition coefficient (Wildman–Crippen LogP) is 4.15. The summed E-state index contributed by atoms with van der Waals surface area (Å²) in [6.45, 7) is 4.81. The zero-order chi connectivity index (χ0) is 13.3. The van der Waals surface area contributed by atoms with Gasteiger partial charge in [-0.15, -0.1) is 0 Å². The van der Waals surface area contributed by atoms with Crippen molar-refractivity contribution < 1.29 is 4.74 Å². The normalized spacial score (nSPS) is 15.8. The zero-order valence-electron chi connectivity index (χ0n) is 12.2. The van der Waals surface area contributed by atoms with E-state index >= 15 is 0 Å². The van der Waals surface area contributed by atoms with Crippen molar-refractivity contribution in [3.8, 4) is 5.75 Å². The molecule has 1 aromatic carbocycles. The minimum atomic E-state index is 0.735. The number of ether oxygens (including phenoxy) is 1. The van der Waals surface area contributed by atoms with Gasteiger partial charge < -0.3 is 10.1 Å². The highest BCUT2D eigenvalue weighted by atomic mass is 16.5. The van der Waals surface area contributed by atoms with Crippen molar-refractivity contribution in [3.05, 3.63) is 29.8 Å². The first-order chi connectivity index (χ1) is 9.40. The van der Waals surface area contributed by atoms with E-state index in [4.69, 9.17) is 4.74 Å². The molecule has 0 radical (unpaired) electrons. The van der Waals surface area contributed by atoms with E-state index in [0.717, 1.165) is 31.4 Å². The van der Waals surface area contributed by atoms with Crippen molar-refractivity contribution in [3.63, 3.8) is 0 Å². The molecule has 1 saturated carbocycles. The summed E-state index contributed by atoms with van der Waals surface area (Å²) in [7, 11) is 0. The molecule has 0 unspecified atom stereocenters. The number of benzene rings is 1. The largest absolute Gasteiger partial charge is 0.494 e. The van der Waals surface area contributed by atoms with E-state index in [1.165, 1.54) is 44.1 Å². The van der Waals surface area contributed by atoms with Crippen LogP contribution in [0.4, 0.5) is 0 Å². The molecule has 1 aromatic rings. The van der Waals surface area contributed by atoms with Gasteiger partial charge in [-0.25, -0.2) is 0 Å². The van der Waals surface area contributed by atoms with Crippen LogP contribution in [-0.2, 0) is 6.54 Å². The molecule has 1 aliphatic carbocycles. The monoisotopic (exact) mass is 261 g/mol. The molecule has 0 saturated heterocycles. The highest BCUT2D eigenvalue weighted by Crippen LogP contribution is 2.28. The molecule has 106 valence electrons. The molecular formula is C17H27NO. The molecular weight excluding hydrogens is 234 g/mol. The van der Waals surface area contributed by atoms with E-state index in [-0.39, 0.29) is 0 Å². The Hall–Kier alpha value is -1.02. The average Bonchev–Trinajstić information content (AvgIpc) is 2.94. The minimum absolute atomic E-state index is 0.735. The van der Waals surface area contributed by atoms with Gasteiger partial charge in [0.15, 0.2) is 0 Å². The SMILES string of the molecule is CCOc1ccccc1CNCCCC1CCCC1. The molecule has 1 N–H and O–H groups in total. The summed E-state index contributed by atoms with van der Waals surface area (Å²) in [5, 5.41) is 3.54. The Bertz CT molecular complexity index is 358. The van der Waals surface area contributed by atoms with Crippen LogP contribution in [0.5, 0.6) is 5.75 Å². The van der Waals surface area contributed by atoms with Gasteiger partial charge in [0.05, 0.1) is 6.61 Å². The number of hydrogen-bond acceptors (Lipinski definition) is 2. The van der Waals surface area contributed by atoms with E-state index in [9.17, 15) is 0 Å². The van der Waals surface area contributed by atoms with Crippen LogP contribution >= 0.6 is 0 Å². The Morgan fingerprint density at radius 2 is 2.00 bits per heavy atom. The molecule has 2 heteroatoms. The maximum absolute atomic E-state index is 5.64. The Morgan fingerprint density at radius 1 is 1.21 bits per heavy atom. The van der Waals surface area contributed by atoms with Crippen LogP contribution < -0.4 is 10.1 Å². The van der Waals surface area contributed by atoms with Crippen LogP contribution in [-0.4, -0.2) is 13.2 Å². The second-order valence-corrected chi connectivity index (χ2v) is 5.51. The third-order valence-corrected chi connectivity index (χ3v) is 4.03. The lowest BCUT2D eigenvalue weighted by atomic mass is 10.0. The third kappa shape index (κ3) is 4.87. The molecule has 0 atom stereocenters. The number of nitrogens with one attached hydrogen (secondary N) is 1. The van der Waals surface area contributed by atoms with Gasteiger partial charge in [0.1, 0.15) is 5.75 Å². The number of hydrogen-bond donors (Lipinski definition) is 1. The van der Waals surface area contributed by atoms with E-state index in [1.54, 1.807) is 0 Å². The molecule has 19 heavy (non-hydrogen) atoms. The van der Waals surface area contributed by atoms with Gasteiger partial charge in [0.2, 0.25) is 0 Å². The quantitative estimate of drug-likeness (QED) is 0.710. The molecule has 0 aromatic heterocycles. The highest BCUT2D eigenvalue weighted by Gasteiger charge is 2.13.